The maximum atomic E-state index is 12.3. The van der Waals surface area contributed by atoms with Crippen LogP contribution in [0, 0.1) is 0 Å². The van der Waals surface area contributed by atoms with E-state index in [0.29, 0.717) is 31.0 Å². The molecule has 88 valence electrons. The van der Waals surface area contributed by atoms with E-state index in [1.54, 1.807) is 4.90 Å². The van der Waals surface area contributed by atoms with E-state index >= 15 is 0 Å². The molecule has 0 bridgehead atoms. The molecular formula is C8H14BF3KNOS. The van der Waals surface area contributed by atoms with Gasteiger partial charge < -0.3 is 17.8 Å². The molecule has 16 heavy (non-hydrogen) atoms. The van der Waals surface area contributed by atoms with Crippen molar-refractivity contribution in [3.8, 4) is 0 Å². The second kappa shape index (κ2) is 7.71. The first kappa shape index (κ1) is 17.3. The Kier molecular flexibility index (Phi) is 8.35. The molecule has 1 heterocycles. The van der Waals surface area contributed by atoms with Crippen LogP contribution in [0.5, 0.6) is 0 Å². The van der Waals surface area contributed by atoms with Crippen LogP contribution in [0.15, 0.2) is 12.1 Å². The molecule has 0 amide bonds. The minimum absolute atomic E-state index is 0. The van der Waals surface area contributed by atoms with E-state index in [0.717, 1.165) is 0 Å². The summed E-state index contributed by atoms with van der Waals surface area (Å²) in [6, 6.07) is 0. The molecule has 1 aliphatic rings. The van der Waals surface area contributed by atoms with Gasteiger partial charge in [-0.1, -0.05) is 0 Å². The molecule has 0 spiro atoms. The molecule has 8 heteroatoms. The van der Waals surface area contributed by atoms with Gasteiger partial charge in [-0.05, 0) is 19.5 Å². The smallest absolute Gasteiger partial charge is 0.445 e. The predicted molar refractivity (Wildman–Crippen MR) is 57.2 cm³/mol. The summed E-state index contributed by atoms with van der Waals surface area (Å²) in [5.74, 6) is 1.07. The van der Waals surface area contributed by atoms with Gasteiger partial charge in [-0.3, -0.25) is 4.21 Å². The average Bonchev–Trinajstić information content (AvgIpc) is 2.29. The first-order valence-corrected chi connectivity index (χ1v) is 6.33. The van der Waals surface area contributed by atoms with Crippen LogP contribution in [-0.4, -0.2) is 47.2 Å². The summed E-state index contributed by atoms with van der Waals surface area (Å²) in [4.78, 5) is 1.68. The number of halogens is 3. The summed E-state index contributed by atoms with van der Waals surface area (Å²) >= 11 is 0. The van der Waals surface area contributed by atoms with Crippen molar-refractivity contribution >= 4 is 17.8 Å². The molecule has 0 saturated carbocycles. The van der Waals surface area contributed by atoms with Gasteiger partial charge >= 0.3 is 58.4 Å². The van der Waals surface area contributed by atoms with Crippen LogP contribution < -0.4 is 51.4 Å². The number of nitrogens with zero attached hydrogens (tertiary/aromatic N) is 1. The molecule has 2 nitrogen and oxygen atoms in total. The third-order valence-electron chi connectivity index (χ3n) is 2.37. The minimum Gasteiger partial charge on any atom is -0.445 e. The maximum absolute atomic E-state index is 12.3. The van der Waals surface area contributed by atoms with E-state index in [4.69, 9.17) is 0 Å². The fraction of sp³-hybridized carbons (Fsp3) is 0.750. The molecular weight excluding hydrogens is 265 g/mol. The topological polar surface area (TPSA) is 20.3 Å². The van der Waals surface area contributed by atoms with Gasteiger partial charge in [-0.25, -0.2) is 0 Å². The van der Waals surface area contributed by atoms with Crippen LogP contribution >= 0.6 is 0 Å². The van der Waals surface area contributed by atoms with Crippen molar-refractivity contribution in [2.24, 2.45) is 0 Å². The number of rotatable bonds is 3. The monoisotopic (exact) mass is 279 g/mol. The van der Waals surface area contributed by atoms with Crippen molar-refractivity contribution in [2.75, 3.05) is 31.1 Å². The standard InChI is InChI=1S/C8H14BF3NOS.K/c1-8(9(10,11)12)7-13-3-2-5-15(14)6-4-13;/h1-7H2;/q-1;+1. The maximum Gasteiger partial charge on any atom is 1.00 e. The molecule has 1 aliphatic heterocycles. The van der Waals surface area contributed by atoms with Crippen molar-refractivity contribution < 1.29 is 68.5 Å². The van der Waals surface area contributed by atoms with Crippen molar-refractivity contribution in [1.29, 1.82) is 0 Å². The molecule has 1 atom stereocenters. The van der Waals surface area contributed by atoms with Crippen LogP contribution in [0.25, 0.3) is 0 Å². The molecule has 1 saturated heterocycles. The normalized spacial score (nSPS) is 23.3. The van der Waals surface area contributed by atoms with Crippen LogP contribution in [0.1, 0.15) is 6.42 Å². The molecule has 0 aromatic rings. The Balaban J connectivity index is 0.00000225. The van der Waals surface area contributed by atoms with Crippen molar-refractivity contribution in [3.05, 3.63) is 12.1 Å². The largest absolute Gasteiger partial charge is 1.00 e. The third kappa shape index (κ3) is 6.32. The van der Waals surface area contributed by atoms with Crippen LogP contribution in [0.2, 0.25) is 0 Å². The molecule has 1 unspecified atom stereocenters. The van der Waals surface area contributed by atoms with Gasteiger partial charge in [0.25, 0.3) is 0 Å². The predicted octanol–water partition coefficient (Wildman–Crippen LogP) is -1.61. The van der Waals surface area contributed by atoms with Gasteiger partial charge in [-0.15, -0.1) is 12.1 Å². The van der Waals surface area contributed by atoms with E-state index in [-0.39, 0.29) is 57.9 Å². The van der Waals surface area contributed by atoms with E-state index in [2.05, 4.69) is 6.58 Å². The van der Waals surface area contributed by atoms with Gasteiger partial charge in [0.15, 0.2) is 0 Å². The van der Waals surface area contributed by atoms with Crippen molar-refractivity contribution in [3.63, 3.8) is 0 Å². The average molecular weight is 279 g/mol. The summed E-state index contributed by atoms with van der Waals surface area (Å²) in [5.41, 5.74) is -0.664. The van der Waals surface area contributed by atoms with E-state index in [1.807, 2.05) is 0 Å². The van der Waals surface area contributed by atoms with E-state index < -0.39 is 23.2 Å². The van der Waals surface area contributed by atoms with Gasteiger partial charge in [0, 0.05) is 28.9 Å². The summed E-state index contributed by atoms with van der Waals surface area (Å²) in [6.45, 7) is -0.966. The number of hydrogen-bond acceptors (Lipinski definition) is 2. The molecule has 1 rings (SSSR count). The summed E-state index contributed by atoms with van der Waals surface area (Å²) in [5, 5.41) is 0. The molecule has 0 aromatic heterocycles. The molecule has 0 aliphatic carbocycles. The Morgan fingerprint density at radius 3 is 2.50 bits per heavy atom. The fourth-order valence-corrected chi connectivity index (χ4v) is 2.56. The summed E-state index contributed by atoms with van der Waals surface area (Å²) < 4.78 is 47.9. The molecule has 1 fully saturated rings. The van der Waals surface area contributed by atoms with Crippen molar-refractivity contribution in [1.82, 2.24) is 4.90 Å². The Hall–Kier alpha value is 1.34. The second-order valence-electron chi connectivity index (χ2n) is 3.71. The molecule has 0 radical (unpaired) electrons. The zero-order valence-corrected chi connectivity index (χ0v) is 13.4. The molecule has 0 N–H and O–H groups in total. The number of hydrogen-bond donors (Lipinski definition) is 0. The first-order chi connectivity index (χ1) is 6.89. The van der Waals surface area contributed by atoms with Gasteiger partial charge in [-0.2, -0.15) is 0 Å². The van der Waals surface area contributed by atoms with Gasteiger partial charge in [0.05, 0.1) is 0 Å². The zero-order valence-electron chi connectivity index (χ0n) is 9.42. The second-order valence-corrected chi connectivity index (χ2v) is 5.41. The van der Waals surface area contributed by atoms with Crippen LogP contribution in [0.4, 0.5) is 12.9 Å². The summed E-state index contributed by atoms with van der Waals surface area (Å²) in [7, 11) is -0.862. The Labute approximate surface area is 139 Å². The fourth-order valence-electron chi connectivity index (χ4n) is 1.44. The molecule has 0 aromatic carbocycles. The van der Waals surface area contributed by atoms with E-state index in [9.17, 15) is 17.2 Å². The third-order valence-corrected chi connectivity index (χ3v) is 3.75. The SMILES string of the molecule is C=C(CN1CCCS(=O)CC1)[B-](F)(F)F.[K+]. The van der Waals surface area contributed by atoms with Gasteiger partial charge in [0.1, 0.15) is 0 Å². The van der Waals surface area contributed by atoms with Crippen LogP contribution in [-0.2, 0) is 10.8 Å². The zero-order chi connectivity index (χ0) is 11.5. The Morgan fingerprint density at radius 1 is 1.31 bits per heavy atom. The van der Waals surface area contributed by atoms with Crippen LogP contribution in [0.3, 0.4) is 0 Å². The van der Waals surface area contributed by atoms with Gasteiger partial charge in [0.2, 0.25) is 0 Å². The Bertz CT molecular complexity index is 274. The quantitative estimate of drug-likeness (QED) is 0.579. The van der Waals surface area contributed by atoms with Crippen molar-refractivity contribution in [2.45, 2.75) is 6.42 Å². The summed E-state index contributed by atoms with van der Waals surface area (Å²) in [6.07, 6.45) is 0.699. The van der Waals surface area contributed by atoms with E-state index in [1.165, 1.54) is 0 Å². The Morgan fingerprint density at radius 2 is 1.94 bits per heavy atom. The first-order valence-electron chi connectivity index (χ1n) is 4.84. The minimum atomic E-state index is -4.93.